The molecule has 0 aromatic heterocycles. The van der Waals surface area contributed by atoms with Gasteiger partial charge in [-0.3, -0.25) is 4.79 Å². The van der Waals surface area contributed by atoms with Crippen molar-refractivity contribution >= 4 is 27.5 Å². The third-order valence-corrected chi connectivity index (χ3v) is 6.36. The van der Waals surface area contributed by atoms with Crippen molar-refractivity contribution in [2.24, 2.45) is 0 Å². The van der Waals surface area contributed by atoms with Crippen molar-refractivity contribution in [3.8, 4) is 0 Å². The van der Waals surface area contributed by atoms with E-state index >= 15 is 0 Å². The maximum absolute atomic E-state index is 12.4. The van der Waals surface area contributed by atoms with E-state index in [-0.39, 0.29) is 28.2 Å². The van der Waals surface area contributed by atoms with Gasteiger partial charge in [-0.1, -0.05) is 34.1 Å². The van der Waals surface area contributed by atoms with E-state index in [0.717, 1.165) is 12.8 Å². The Balaban J connectivity index is 2.66. The molecule has 0 N–H and O–H groups in total. The maximum atomic E-state index is 12.4. The van der Waals surface area contributed by atoms with Crippen LogP contribution in [0.2, 0.25) is 0 Å². The van der Waals surface area contributed by atoms with Crippen LogP contribution in [0.5, 0.6) is 0 Å². The molecule has 0 aliphatic carbocycles. The highest BCUT2D eigenvalue weighted by atomic mass is 32.2. The molecule has 0 saturated carbocycles. The van der Waals surface area contributed by atoms with E-state index in [1.54, 1.807) is 11.8 Å². The number of amides is 1. The summed E-state index contributed by atoms with van der Waals surface area (Å²) in [5.41, 5.74) is 0. The maximum Gasteiger partial charge on any atom is 0.232 e. The average molecular weight is 322 g/mol. The van der Waals surface area contributed by atoms with Crippen LogP contribution in [0, 0.1) is 0 Å². The van der Waals surface area contributed by atoms with Gasteiger partial charge in [0, 0.05) is 17.3 Å². The standard InChI is InChI=1S/C14H27NO3S2/c1-5-6-8-15(12-7-9-20(17,18)11-12)13(16)10-19-14(2,3)4/h12H,5-11H2,1-4H3. The molecule has 20 heavy (non-hydrogen) atoms. The van der Waals surface area contributed by atoms with E-state index < -0.39 is 9.84 Å². The molecule has 118 valence electrons. The molecule has 1 aliphatic rings. The van der Waals surface area contributed by atoms with Crippen LogP contribution in [-0.2, 0) is 14.6 Å². The van der Waals surface area contributed by atoms with Crippen molar-refractivity contribution in [1.29, 1.82) is 0 Å². The number of thioether (sulfide) groups is 1. The number of carbonyl (C=O) groups excluding carboxylic acids is 1. The Morgan fingerprint density at radius 1 is 1.35 bits per heavy atom. The van der Waals surface area contributed by atoms with Gasteiger partial charge < -0.3 is 4.90 Å². The normalized spacial score (nSPS) is 21.9. The minimum atomic E-state index is -2.94. The highest BCUT2D eigenvalue weighted by Gasteiger charge is 2.34. The number of unbranched alkanes of at least 4 members (excludes halogenated alkanes) is 1. The van der Waals surface area contributed by atoms with Crippen molar-refractivity contribution < 1.29 is 13.2 Å². The predicted molar refractivity (Wildman–Crippen MR) is 85.9 cm³/mol. The summed E-state index contributed by atoms with van der Waals surface area (Å²) in [5, 5.41) is 0. The summed E-state index contributed by atoms with van der Waals surface area (Å²) in [6.07, 6.45) is 2.54. The lowest BCUT2D eigenvalue weighted by atomic mass is 10.2. The van der Waals surface area contributed by atoms with Gasteiger partial charge in [0.15, 0.2) is 9.84 Å². The second-order valence-electron chi connectivity index (χ2n) is 6.40. The molecular weight excluding hydrogens is 294 g/mol. The first kappa shape index (κ1) is 17.8. The van der Waals surface area contributed by atoms with Gasteiger partial charge in [-0.15, -0.1) is 11.8 Å². The van der Waals surface area contributed by atoms with Gasteiger partial charge >= 0.3 is 0 Å². The highest BCUT2D eigenvalue weighted by Crippen LogP contribution is 2.25. The fraction of sp³-hybridized carbons (Fsp3) is 0.929. The number of nitrogens with zero attached hydrogens (tertiary/aromatic N) is 1. The van der Waals surface area contributed by atoms with Crippen molar-refractivity contribution in [1.82, 2.24) is 4.90 Å². The van der Waals surface area contributed by atoms with Gasteiger partial charge in [-0.2, -0.15) is 0 Å². The average Bonchev–Trinajstić information content (AvgIpc) is 2.66. The lowest BCUT2D eigenvalue weighted by Crippen LogP contribution is -2.43. The zero-order valence-corrected chi connectivity index (χ0v) is 14.6. The van der Waals surface area contributed by atoms with Gasteiger partial charge in [-0.25, -0.2) is 8.42 Å². The summed E-state index contributed by atoms with van der Waals surface area (Å²) in [7, 11) is -2.94. The summed E-state index contributed by atoms with van der Waals surface area (Å²) < 4.78 is 23.3. The van der Waals surface area contributed by atoms with Crippen LogP contribution < -0.4 is 0 Å². The Bertz CT molecular complexity index is 426. The summed E-state index contributed by atoms with van der Waals surface area (Å²) in [5.74, 6) is 0.882. The molecule has 0 aromatic rings. The first-order chi connectivity index (χ1) is 9.14. The summed E-state index contributed by atoms with van der Waals surface area (Å²) >= 11 is 1.62. The van der Waals surface area contributed by atoms with E-state index in [0.29, 0.717) is 18.7 Å². The third-order valence-electron chi connectivity index (χ3n) is 3.35. The van der Waals surface area contributed by atoms with Gasteiger partial charge in [0.1, 0.15) is 0 Å². The van der Waals surface area contributed by atoms with Crippen molar-refractivity contribution in [3.63, 3.8) is 0 Å². The molecule has 1 saturated heterocycles. The smallest absolute Gasteiger partial charge is 0.232 e. The SMILES string of the molecule is CCCCN(C(=O)CSC(C)(C)C)C1CCS(=O)(=O)C1. The van der Waals surface area contributed by atoms with Crippen LogP contribution in [-0.4, -0.2) is 53.8 Å². The van der Waals surface area contributed by atoms with E-state index in [9.17, 15) is 13.2 Å². The summed E-state index contributed by atoms with van der Waals surface area (Å²) in [6, 6.07) is -0.111. The summed E-state index contributed by atoms with van der Waals surface area (Å²) in [6.45, 7) is 9.02. The zero-order valence-electron chi connectivity index (χ0n) is 13.0. The number of hydrogen-bond donors (Lipinski definition) is 0. The van der Waals surface area contributed by atoms with Crippen molar-refractivity contribution in [3.05, 3.63) is 0 Å². The lowest BCUT2D eigenvalue weighted by Gasteiger charge is -2.29. The molecule has 1 atom stereocenters. The van der Waals surface area contributed by atoms with E-state index in [1.165, 1.54) is 0 Å². The molecule has 1 unspecified atom stereocenters. The number of hydrogen-bond acceptors (Lipinski definition) is 4. The van der Waals surface area contributed by atoms with E-state index in [4.69, 9.17) is 0 Å². The minimum absolute atomic E-state index is 0.0494. The van der Waals surface area contributed by atoms with Crippen LogP contribution in [0.25, 0.3) is 0 Å². The van der Waals surface area contributed by atoms with Crippen LogP contribution in [0.1, 0.15) is 47.0 Å². The molecule has 0 aromatic carbocycles. The van der Waals surface area contributed by atoms with Crippen LogP contribution in [0.3, 0.4) is 0 Å². The second-order valence-corrected chi connectivity index (χ2v) is 10.4. The first-order valence-corrected chi connectivity index (χ1v) is 10.1. The Hall–Kier alpha value is -0.230. The second kappa shape index (κ2) is 7.16. The quantitative estimate of drug-likeness (QED) is 0.753. The topological polar surface area (TPSA) is 54.5 Å². The Morgan fingerprint density at radius 2 is 2.00 bits per heavy atom. The molecule has 0 spiro atoms. The molecule has 1 heterocycles. The Labute approximate surface area is 127 Å². The molecule has 1 amide bonds. The van der Waals surface area contributed by atoms with Crippen molar-refractivity contribution in [2.75, 3.05) is 23.8 Å². The van der Waals surface area contributed by atoms with Crippen LogP contribution in [0.4, 0.5) is 0 Å². The molecular formula is C14H27NO3S2. The van der Waals surface area contributed by atoms with E-state index in [2.05, 4.69) is 27.7 Å². The monoisotopic (exact) mass is 321 g/mol. The van der Waals surface area contributed by atoms with Crippen molar-refractivity contribution in [2.45, 2.75) is 57.7 Å². The predicted octanol–water partition coefficient (Wildman–Crippen LogP) is 2.33. The highest BCUT2D eigenvalue weighted by molar-refractivity contribution is 8.01. The number of carbonyl (C=O) groups is 1. The molecule has 0 bridgehead atoms. The first-order valence-electron chi connectivity index (χ1n) is 7.28. The number of sulfone groups is 1. The molecule has 1 aliphatic heterocycles. The van der Waals surface area contributed by atoms with E-state index in [1.807, 2.05) is 4.90 Å². The molecule has 6 heteroatoms. The fourth-order valence-corrected chi connectivity index (χ4v) is 4.67. The Morgan fingerprint density at radius 3 is 2.45 bits per heavy atom. The minimum Gasteiger partial charge on any atom is -0.338 e. The molecule has 1 fully saturated rings. The largest absolute Gasteiger partial charge is 0.338 e. The zero-order chi connectivity index (χ0) is 15.4. The molecule has 1 rings (SSSR count). The van der Waals surface area contributed by atoms with Gasteiger partial charge in [0.2, 0.25) is 5.91 Å². The number of rotatable bonds is 6. The summed E-state index contributed by atoms with van der Waals surface area (Å²) in [4.78, 5) is 14.2. The van der Waals surface area contributed by atoms with Gasteiger partial charge in [0.05, 0.1) is 17.3 Å². The van der Waals surface area contributed by atoms with Crippen LogP contribution in [0.15, 0.2) is 0 Å². The Kier molecular flexibility index (Phi) is 6.38. The third kappa shape index (κ3) is 6.04. The molecule has 0 radical (unpaired) electrons. The van der Waals surface area contributed by atoms with Gasteiger partial charge in [-0.05, 0) is 12.8 Å². The fourth-order valence-electron chi connectivity index (χ4n) is 2.22. The van der Waals surface area contributed by atoms with Crippen LogP contribution >= 0.6 is 11.8 Å². The molecule has 4 nitrogen and oxygen atoms in total. The van der Waals surface area contributed by atoms with Gasteiger partial charge in [0.25, 0.3) is 0 Å². The lowest BCUT2D eigenvalue weighted by molar-refractivity contribution is -0.130.